The van der Waals surface area contributed by atoms with Crippen LogP contribution in [0.5, 0.6) is 11.5 Å². The molecule has 0 spiro atoms. The molecule has 8 nitrogen and oxygen atoms in total. The third-order valence-corrected chi connectivity index (χ3v) is 6.17. The number of ether oxygens (including phenoxy) is 2. The number of nitrogens with one attached hydrogen (secondary N) is 2. The van der Waals surface area contributed by atoms with Gasteiger partial charge in [-0.2, -0.15) is 4.98 Å². The average Bonchev–Trinajstić information content (AvgIpc) is 3.34. The lowest BCUT2D eigenvalue weighted by Crippen LogP contribution is -2.28. The minimum absolute atomic E-state index is 0.0496. The van der Waals surface area contributed by atoms with Crippen LogP contribution in [0.3, 0.4) is 0 Å². The molecule has 3 aromatic carbocycles. The Morgan fingerprint density at radius 2 is 1.61 bits per heavy atom. The molecule has 2 atom stereocenters. The average molecular weight is 482 g/mol. The molecule has 8 heteroatoms. The third kappa shape index (κ3) is 5.07. The summed E-state index contributed by atoms with van der Waals surface area (Å²) >= 11 is 0. The first-order valence-corrected chi connectivity index (χ1v) is 11.7. The maximum Gasteiger partial charge on any atom is 0.250 e. The van der Waals surface area contributed by atoms with E-state index in [9.17, 15) is 4.79 Å². The van der Waals surface area contributed by atoms with Crippen LogP contribution in [0, 0.1) is 0 Å². The molecule has 1 aromatic heterocycles. The van der Waals surface area contributed by atoms with E-state index < -0.39 is 0 Å². The van der Waals surface area contributed by atoms with E-state index in [1.165, 1.54) is 11.6 Å². The van der Waals surface area contributed by atoms with Crippen molar-refractivity contribution in [3.05, 3.63) is 102 Å². The quantitative estimate of drug-likeness (QED) is 0.357. The number of fused-ring (bicyclic) bond motifs is 1. The van der Waals surface area contributed by atoms with Gasteiger partial charge in [-0.3, -0.25) is 10.1 Å². The van der Waals surface area contributed by atoms with Crippen LogP contribution in [0.2, 0.25) is 0 Å². The van der Waals surface area contributed by atoms with Gasteiger partial charge >= 0.3 is 0 Å². The molecule has 1 aliphatic rings. The molecule has 2 heterocycles. The van der Waals surface area contributed by atoms with Crippen LogP contribution in [0.1, 0.15) is 35.2 Å². The topological polar surface area (TPSA) is 90.3 Å². The zero-order chi connectivity index (χ0) is 24.9. The molecular formula is C28H27N5O3. The van der Waals surface area contributed by atoms with Gasteiger partial charge in [0.2, 0.25) is 5.95 Å². The SMILES string of the molecule is COc1ccc(/C=C/C(=O)Nc2nc3n(n2)[C@@H](c2ccc(OC)cc2)C[C@H](c2ccccc2)N3)cc1. The highest BCUT2D eigenvalue weighted by molar-refractivity contribution is 6.00. The molecule has 0 aliphatic carbocycles. The maximum atomic E-state index is 12.6. The first-order chi connectivity index (χ1) is 17.6. The van der Waals surface area contributed by atoms with E-state index in [4.69, 9.17) is 9.47 Å². The summed E-state index contributed by atoms with van der Waals surface area (Å²) in [4.78, 5) is 17.2. The fourth-order valence-corrected chi connectivity index (χ4v) is 4.28. The zero-order valence-electron chi connectivity index (χ0n) is 20.1. The number of aromatic nitrogens is 3. The highest BCUT2D eigenvalue weighted by Crippen LogP contribution is 2.38. The van der Waals surface area contributed by atoms with Crippen LogP contribution < -0.4 is 20.1 Å². The molecule has 0 fully saturated rings. The summed E-state index contributed by atoms with van der Waals surface area (Å²) in [6.07, 6.45) is 3.97. The molecule has 0 radical (unpaired) electrons. The van der Waals surface area contributed by atoms with Gasteiger partial charge in [-0.15, -0.1) is 5.10 Å². The summed E-state index contributed by atoms with van der Waals surface area (Å²) in [5.74, 6) is 2.09. The highest BCUT2D eigenvalue weighted by Gasteiger charge is 2.31. The van der Waals surface area contributed by atoms with Gasteiger partial charge in [0.1, 0.15) is 11.5 Å². The van der Waals surface area contributed by atoms with E-state index in [0.717, 1.165) is 29.0 Å². The number of nitrogens with zero attached hydrogens (tertiary/aromatic N) is 3. The van der Waals surface area contributed by atoms with E-state index in [2.05, 4.69) is 32.8 Å². The lowest BCUT2D eigenvalue weighted by atomic mass is 9.93. The first kappa shape index (κ1) is 23.2. The Bertz CT molecular complexity index is 1350. The Hall–Kier alpha value is -4.59. The molecule has 182 valence electrons. The van der Waals surface area contributed by atoms with Crippen molar-refractivity contribution >= 4 is 23.9 Å². The van der Waals surface area contributed by atoms with Gasteiger partial charge in [-0.1, -0.05) is 54.6 Å². The van der Waals surface area contributed by atoms with Gasteiger partial charge in [-0.25, -0.2) is 4.68 Å². The number of benzene rings is 3. The number of amides is 1. The predicted octanol–water partition coefficient (Wildman–Crippen LogP) is 5.09. The van der Waals surface area contributed by atoms with Crippen molar-refractivity contribution in [3.8, 4) is 11.5 Å². The Labute approximate surface area is 209 Å². The van der Waals surface area contributed by atoms with Crippen LogP contribution in [-0.4, -0.2) is 34.9 Å². The van der Waals surface area contributed by atoms with Crippen molar-refractivity contribution in [2.75, 3.05) is 24.9 Å². The summed E-state index contributed by atoms with van der Waals surface area (Å²) in [5.41, 5.74) is 3.13. The van der Waals surface area contributed by atoms with E-state index >= 15 is 0 Å². The third-order valence-electron chi connectivity index (χ3n) is 6.17. The van der Waals surface area contributed by atoms with E-state index in [1.54, 1.807) is 20.3 Å². The molecular weight excluding hydrogens is 454 g/mol. The summed E-state index contributed by atoms with van der Waals surface area (Å²) in [7, 11) is 3.27. The van der Waals surface area contributed by atoms with Gasteiger partial charge in [0.25, 0.3) is 11.9 Å². The van der Waals surface area contributed by atoms with Crippen molar-refractivity contribution in [2.24, 2.45) is 0 Å². The summed E-state index contributed by atoms with van der Waals surface area (Å²) in [5, 5.41) is 10.9. The molecule has 0 saturated carbocycles. The van der Waals surface area contributed by atoms with Crippen molar-refractivity contribution in [1.29, 1.82) is 0 Å². The monoisotopic (exact) mass is 481 g/mol. The van der Waals surface area contributed by atoms with Crippen LogP contribution in [0.25, 0.3) is 6.08 Å². The molecule has 36 heavy (non-hydrogen) atoms. The van der Waals surface area contributed by atoms with Gasteiger partial charge in [0.05, 0.1) is 26.3 Å². The molecule has 4 aromatic rings. The molecule has 1 amide bonds. The normalized spacial score (nSPS) is 16.7. The first-order valence-electron chi connectivity index (χ1n) is 11.7. The molecule has 0 saturated heterocycles. The number of anilines is 2. The fraction of sp³-hybridized carbons (Fsp3) is 0.179. The smallest absolute Gasteiger partial charge is 0.250 e. The number of hydrogen-bond acceptors (Lipinski definition) is 6. The number of carbonyl (C=O) groups excluding carboxylic acids is 1. The highest BCUT2D eigenvalue weighted by atomic mass is 16.5. The lowest BCUT2D eigenvalue weighted by Gasteiger charge is -2.31. The summed E-state index contributed by atoms with van der Waals surface area (Å²) in [6.45, 7) is 0. The Morgan fingerprint density at radius 1 is 0.944 bits per heavy atom. The van der Waals surface area contributed by atoms with E-state index in [1.807, 2.05) is 71.4 Å². The summed E-state index contributed by atoms with van der Waals surface area (Å²) in [6, 6.07) is 25.6. The number of carbonyl (C=O) groups is 1. The molecule has 1 aliphatic heterocycles. The summed E-state index contributed by atoms with van der Waals surface area (Å²) < 4.78 is 12.3. The van der Waals surface area contributed by atoms with E-state index in [-0.39, 0.29) is 23.9 Å². The Morgan fingerprint density at radius 3 is 2.28 bits per heavy atom. The standard InChI is InChI=1S/C28H27N5O3/c1-35-22-13-8-19(9-14-22)10-17-26(34)30-27-31-28-29-24(20-6-4-3-5-7-20)18-25(33(28)32-27)21-11-15-23(36-2)16-12-21/h3-17,24-25H,18H2,1-2H3,(H2,29,30,31,32,34)/b17-10+/t24-,25-/m1/s1. The predicted molar refractivity (Wildman–Crippen MR) is 139 cm³/mol. The zero-order valence-corrected chi connectivity index (χ0v) is 20.1. The van der Waals surface area contributed by atoms with Crippen LogP contribution >= 0.6 is 0 Å². The van der Waals surface area contributed by atoms with Crippen LogP contribution in [0.4, 0.5) is 11.9 Å². The van der Waals surface area contributed by atoms with E-state index in [0.29, 0.717) is 5.95 Å². The van der Waals surface area contributed by atoms with Gasteiger partial charge in [0.15, 0.2) is 0 Å². The Kier molecular flexibility index (Phi) is 6.66. The molecule has 0 unspecified atom stereocenters. The largest absolute Gasteiger partial charge is 0.497 e. The second kappa shape index (κ2) is 10.4. The number of methoxy groups -OCH3 is 2. The van der Waals surface area contributed by atoms with Crippen molar-refractivity contribution in [3.63, 3.8) is 0 Å². The number of rotatable bonds is 7. The molecule has 0 bridgehead atoms. The van der Waals surface area contributed by atoms with Gasteiger partial charge in [-0.05, 0) is 53.5 Å². The minimum Gasteiger partial charge on any atom is -0.497 e. The Balaban J connectivity index is 1.38. The fourth-order valence-electron chi connectivity index (χ4n) is 4.28. The van der Waals surface area contributed by atoms with Gasteiger partial charge in [0, 0.05) is 6.08 Å². The van der Waals surface area contributed by atoms with Crippen molar-refractivity contribution < 1.29 is 14.3 Å². The maximum absolute atomic E-state index is 12.6. The number of hydrogen-bond donors (Lipinski definition) is 2. The minimum atomic E-state index is -0.311. The van der Waals surface area contributed by atoms with Crippen LogP contribution in [0.15, 0.2) is 84.9 Å². The van der Waals surface area contributed by atoms with Gasteiger partial charge < -0.3 is 14.8 Å². The van der Waals surface area contributed by atoms with Crippen LogP contribution in [-0.2, 0) is 4.79 Å². The molecule has 5 rings (SSSR count). The van der Waals surface area contributed by atoms with Crippen molar-refractivity contribution in [1.82, 2.24) is 14.8 Å². The lowest BCUT2D eigenvalue weighted by molar-refractivity contribution is -0.111. The molecule has 2 N–H and O–H groups in total. The second-order valence-electron chi connectivity index (χ2n) is 8.43. The van der Waals surface area contributed by atoms with Crippen molar-refractivity contribution in [2.45, 2.75) is 18.5 Å². The second-order valence-corrected chi connectivity index (χ2v) is 8.43.